The molecule has 0 heterocycles. The molecule has 2 aromatic carbocycles. The normalized spacial score (nSPS) is 10.5. The number of nitrogens with zero attached hydrogens (tertiary/aromatic N) is 1. The first-order valence-electron chi connectivity index (χ1n) is 8.06. The molecule has 26 heavy (non-hydrogen) atoms. The van der Waals surface area contributed by atoms with Crippen LogP contribution in [0, 0.1) is 6.92 Å². The van der Waals surface area contributed by atoms with E-state index in [4.69, 9.17) is 14.2 Å². The first kappa shape index (κ1) is 21.9. The van der Waals surface area contributed by atoms with E-state index < -0.39 is 0 Å². The molecule has 0 amide bonds. The van der Waals surface area contributed by atoms with E-state index in [1.165, 1.54) is 0 Å². The minimum absolute atomic E-state index is 0. The topological polar surface area (TPSA) is 64.1 Å². The second kappa shape index (κ2) is 11.5. The quantitative estimate of drug-likeness (QED) is 0.279. The maximum absolute atomic E-state index is 5.77. The maximum atomic E-state index is 5.77. The molecule has 0 bridgehead atoms. The van der Waals surface area contributed by atoms with Crippen LogP contribution in [0.5, 0.6) is 17.2 Å². The van der Waals surface area contributed by atoms with Gasteiger partial charge < -0.3 is 24.8 Å². The van der Waals surface area contributed by atoms with Gasteiger partial charge in [-0.1, -0.05) is 18.2 Å². The van der Waals surface area contributed by atoms with Crippen LogP contribution in [0.25, 0.3) is 0 Å². The third-order valence-corrected chi connectivity index (χ3v) is 3.62. The lowest BCUT2D eigenvalue weighted by atomic mass is 10.2. The molecule has 0 spiro atoms. The van der Waals surface area contributed by atoms with E-state index in [-0.39, 0.29) is 24.0 Å². The number of ether oxygens (including phenoxy) is 3. The summed E-state index contributed by atoms with van der Waals surface area (Å²) in [7, 11) is 4.94. The Labute approximate surface area is 172 Å². The third-order valence-electron chi connectivity index (χ3n) is 3.62. The summed E-state index contributed by atoms with van der Waals surface area (Å²) >= 11 is 0. The van der Waals surface area contributed by atoms with Crippen molar-refractivity contribution in [2.45, 2.75) is 6.92 Å². The van der Waals surface area contributed by atoms with Gasteiger partial charge in [-0.05, 0) is 30.7 Å². The number of benzene rings is 2. The number of aryl methyl sites for hydroxylation is 1. The largest absolute Gasteiger partial charge is 0.493 e. The minimum atomic E-state index is 0. The van der Waals surface area contributed by atoms with E-state index in [1.54, 1.807) is 21.3 Å². The molecular formula is C19H26IN3O3. The summed E-state index contributed by atoms with van der Waals surface area (Å²) in [6, 6.07) is 13.6. The van der Waals surface area contributed by atoms with Crippen LogP contribution in [0.4, 0.5) is 5.69 Å². The van der Waals surface area contributed by atoms with Crippen molar-refractivity contribution in [3.05, 3.63) is 48.0 Å². The summed E-state index contributed by atoms with van der Waals surface area (Å²) in [5.74, 6) is 2.89. The zero-order valence-electron chi connectivity index (χ0n) is 15.5. The second-order valence-corrected chi connectivity index (χ2v) is 5.31. The van der Waals surface area contributed by atoms with Gasteiger partial charge in [-0.15, -0.1) is 24.0 Å². The molecule has 142 valence electrons. The predicted octanol–water partition coefficient (Wildman–Crippen LogP) is 3.70. The molecule has 6 nitrogen and oxygen atoms in total. The number of guanidine groups is 1. The smallest absolute Gasteiger partial charge is 0.195 e. The Kier molecular flexibility index (Phi) is 9.64. The molecule has 0 unspecified atom stereocenters. The Morgan fingerprint density at radius 1 is 1.00 bits per heavy atom. The molecule has 0 saturated carbocycles. The molecule has 2 N–H and O–H groups in total. The molecule has 2 aromatic rings. The number of hydrogen-bond donors (Lipinski definition) is 2. The molecule has 0 radical (unpaired) electrons. The third kappa shape index (κ3) is 6.29. The molecule has 2 rings (SSSR count). The number of methoxy groups -OCH3 is 2. The lowest BCUT2D eigenvalue weighted by molar-refractivity contribution is 0.320. The summed E-state index contributed by atoms with van der Waals surface area (Å²) in [5.41, 5.74) is 1.97. The van der Waals surface area contributed by atoms with Crippen molar-refractivity contribution in [1.29, 1.82) is 0 Å². The number of anilines is 1. The monoisotopic (exact) mass is 471 g/mol. The van der Waals surface area contributed by atoms with Crippen LogP contribution in [0.2, 0.25) is 0 Å². The van der Waals surface area contributed by atoms with E-state index in [9.17, 15) is 0 Å². The van der Waals surface area contributed by atoms with Gasteiger partial charge in [0.05, 0.1) is 20.8 Å². The van der Waals surface area contributed by atoms with E-state index in [1.807, 2.05) is 49.4 Å². The Morgan fingerprint density at radius 2 is 1.73 bits per heavy atom. The Bertz CT molecular complexity index is 723. The zero-order chi connectivity index (χ0) is 18.1. The van der Waals surface area contributed by atoms with Gasteiger partial charge in [0.25, 0.3) is 0 Å². The van der Waals surface area contributed by atoms with Crippen molar-refractivity contribution < 1.29 is 14.2 Å². The fourth-order valence-corrected chi connectivity index (χ4v) is 2.28. The predicted molar refractivity (Wildman–Crippen MR) is 117 cm³/mol. The summed E-state index contributed by atoms with van der Waals surface area (Å²) in [6.45, 7) is 3.19. The van der Waals surface area contributed by atoms with Crippen molar-refractivity contribution in [1.82, 2.24) is 5.32 Å². The van der Waals surface area contributed by atoms with Gasteiger partial charge in [-0.25, -0.2) is 0 Å². The lowest BCUT2D eigenvalue weighted by Gasteiger charge is -2.14. The summed E-state index contributed by atoms with van der Waals surface area (Å²) < 4.78 is 16.3. The zero-order valence-corrected chi connectivity index (χ0v) is 17.9. The summed E-state index contributed by atoms with van der Waals surface area (Å²) in [6.07, 6.45) is 0. The number of para-hydroxylation sites is 1. The molecular weight excluding hydrogens is 445 g/mol. The molecule has 7 heteroatoms. The van der Waals surface area contributed by atoms with Crippen molar-refractivity contribution in [3.8, 4) is 17.2 Å². The van der Waals surface area contributed by atoms with Crippen LogP contribution in [0.1, 0.15) is 5.56 Å². The highest BCUT2D eigenvalue weighted by Gasteiger charge is 2.06. The minimum Gasteiger partial charge on any atom is -0.493 e. The highest BCUT2D eigenvalue weighted by molar-refractivity contribution is 14.0. The molecule has 0 aliphatic rings. The van der Waals surface area contributed by atoms with Crippen LogP contribution in [0.15, 0.2) is 47.5 Å². The second-order valence-electron chi connectivity index (χ2n) is 5.31. The number of aliphatic imine (C=N–C) groups is 1. The average Bonchev–Trinajstić information content (AvgIpc) is 2.65. The van der Waals surface area contributed by atoms with Crippen molar-refractivity contribution in [2.24, 2.45) is 4.99 Å². The standard InChI is InChI=1S/C19H25N3O3.HI/c1-14-7-5-6-8-16(14)25-12-11-21-19(20-2)22-15-9-10-17(23-3)18(13-15)24-4;/h5-10,13H,11-12H2,1-4H3,(H2,20,21,22);1H. The highest BCUT2D eigenvalue weighted by Crippen LogP contribution is 2.29. The number of nitrogens with one attached hydrogen (secondary N) is 2. The van der Waals surface area contributed by atoms with Crippen molar-refractivity contribution >= 4 is 35.6 Å². The van der Waals surface area contributed by atoms with E-state index in [0.717, 1.165) is 17.0 Å². The highest BCUT2D eigenvalue weighted by atomic mass is 127. The first-order chi connectivity index (χ1) is 12.2. The molecule has 0 aromatic heterocycles. The maximum Gasteiger partial charge on any atom is 0.195 e. The van der Waals surface area contributed by atoms with Gasteiger partial charge in [-0.2, -0.15) is 0 Å². The lowest BCUT2D eigenvalue weighted by Crippen LogP contribution is -2.33. The molecule has 0 fully saturated rings. The van der Waals surface area contributed by atoms with Crippen LogP contribution in [-0.4, -0.2) is 40.4 Å². The first-order valence-corrected chi connectivity index (χ1v) is 8.06. The Balaban J connectivity index is 0.00000338. The van der Waals surface area contributed by atoms with Crippen molar-refractivity contribution in [2.75, 3.05) is 39.7 Å². The van der Waals surface area contributed by atoms with Gasteiger partial charge in [-0.3, -0.25) is 4.99 Å². The van der Waals surface area contributed by atoms with Crippen LogP contribution >= 0.6 is 24.0 Å². The number of hydrogen-bond acceptors (Lipinski definition) is 4. The van der Waals surface area contributed by atoms with Gasteiger partial charge in [0.15, 0.2) is 17.5 Å². The van der Waals surface area contributed by atoms with Crippen LogP contribution in [0.3, 0.4) is 0 Å². The van der Waals surface area contributed by atoms with E-state index in [0.29, 0.717) is 30.6 Å². The molecule has 0 aliphatic carbocycles. The number of rotatable bonds is 7. The Hall–Kier alpha value is -2.16. The SMILES string of the molecule is CN=C(NCCOc1ccccc1C)Nc1ccc(OC)c(OC)c1.I. The van der Waals surface area contributed by atoms with E-state index in [2.05, 4.69) is 15.6 Å². The Morgan fingerprint density at radius 3 is 2.38 bits per heavy atom. The van der Waals surface area contributed by atoms with Crippen LogP contribution in [-0.2, 0) is 0 Å². The van der Waals surface area contributed by atoms with Gasteiger partial charge in [0.2, 0.25) is 0 Å². The number of halogens is 1. The molecule has 0 aliphatic heterocycles. The van der Waals surface area contributed by atoms with Gasteiger partial charge >= 0.3 is 0 Å². The summed E-state index contributed by atoms with van der Waals surface area (Å²) in [5, 5.41) is 6.43. The van der Waals surface area contributed by atoms with Crippen molar-refractivity contribution in [3.63, 3.8) is 0 Å². The fraction of sp³-hybridized carbons (Fsp3) is 0.316. The molecule has 0 saturated heterocycles. The van der Waals surface area contributed by atoms with Gasteiger partial charge in [0.1, 0.15) is 12.4 Å². The van der Waals surface area contributed by atoms with Crippen LogP contribution < -0.4 is 24.8 Å². The van der Waals surface area contributed by atoms with Gasteiger partial charge in [0, 0.05) is 18.8 Å². The molecule has 0 atom stereocenters. The van der Waals surface area contributed by atoms with E-state index >= 15 is 0 Å². The fourth-order valence-electron chi connectivity index (χ4n) is 2.28. The average molecular weight is 471 g/mol. The summed E-state index contributed by atoms with van der Waals surface area (Å²) in [4.78, 5) is 4.21.